The third kappa shape index (κ3) is 1.91. The molecular weight excluding hydrogens is 184 g/mol. The van der Waals surface area contributed by atoms with Crippen LogP contribution in [0.15, 0.2) is 12.3 Å². The summed E-state index contributed by atoms with van der Waals surface area (Å²) in [5, 5.41) is -0.109. The second kappa shape index (κ2) is 3.81. The van der Waals surface area contributed by atoms with Crippen molar-refractivity contribution < 1.29 is 8.78 Å². The zero-order chi connectivity index (χ0) is 9.14. The summed E-state index contributed by atoms with van der Waals surface area (Å²) in [5.41, 5.74) is 0.589. The van der Waals surface area contributed by atoms with Crippen LogP contribution >= 0.6 is 11.6 Å². The molecule has 0 atom stereocenters. The minimum Gasteiger partial charge on any atom is -0.244 e. The molecule has 66 valence electrons. The minimum atomic E-state index is -2.54. The average molecular weight is 192 g/mol. The third-order valence-electron chi connectivity index (χ3n) is 1.57. The second-order valence-electron chi connectivity index (χ2n) is 2.38. The normalized spacial score (nSPS) is 10.8. The summed E-state index contributed by atoms with van der Waals surface area (Å²) in [4.78, 5) is 3.66. The molecule has 0 spiro atoms. The van der Waals surface area contributed by atoms with E-state index < -0.39 is 6.43 Å². The maximum Gasteiger partial charge on any atom is 0.266 e. The summed E-state index contributed by atoms with van der Waals surface area (Å²) in [7, 11) is 0. The van der Waals surface area contributed by atoms with Crippen molar-refractivity contribution in [3.05, 3.63) is 28.5 Å². The lowest BCUT2D eigenvalue weighted by Crippen LogP contribution is -1.92. The van der Waals surface area contributed by atoms with Gasteiger partial charge < -0.3 is 0 Å². The van der Waals surface area contributed by atoms with E-state index in [2.05, 4.69) is 4.98 Å². The monoisotopic (exact) mass is 191 g/mol. The van der Waals surface area contributed by atoms with Crippen LogP contribution in [0.1, 0.15) is 24.5 Å². The highest BCUT2D eigenvalue weighted by molar-refractivity contribution is 6.30. The van der Waals surface area contributed by atoms with Gasteiger partial charge in [0.25, 0.3) is 6.43 Å². The number of aromatic nitrogens is 1. The van der Waals surface area contributed by atoms with Gasteiger partial charge in [-0.2, -0.15) is 0 Å². The number of hydrogen-bond acceptors (Lipinski definition) is 1. The number of aryl methyl sites for hydroxylation is 1. The topological polar surface area (TPSA) is 12.9 Å². The molecule has 0 N–H and O–H groups in total. The van der Waals surface area contributed by atoms with Crippen LogP contribution < -0.4 is 0 Å². The van der Waals surface area contributed by atoms with E-state index in [0.717, 1.165) is 5.56 Å². The third-order valence-corrected chi connectivity index (χ3v) is 1.88. The number of pyridine rings is 1. The van der Waals surface area contributed by atoms with Crippen LogP contribution in [0.4, 0.5) is 8.78 Å². The van der Waals surface area contributed by atoms with E-state index in [0.29, 0.717) is 6.42 Å². The highest BCUT2D eigenvalue weighted by Crippen LogP contribution is 2.25. The Hall–Kier alpha value is -0.700. The van der Waals surface area contributed by atoms with Gasteiger partial charge in [0.05, 0.1) is 5.56 Å². The van der Waals surface area contributed by atoms with E-state index in [9.17, 15) is 8.78 Å². The molecule has 0 unspecified atom stereocenters. The fourth-order valence-corrected chi connectivity index (χ4v) is 1.04. The van der Waals surface area contributed by atoms with Crippen LogP contribution in [0.3, 0.4) is 0 Å². The molecular formula is C8H8ClF2N. The smallest absolute Gasteiger partial charge is 0.244 e. The molecule has 0 saturated heterocycles. The Labute approximate surface area is 74.4 Å². The zero-order valence-corrected chi connectivity index (χ0v) is 7.28. The molecule has 0 amide bonds. The standard InChI is InChI=1S/C8H8ClF2N/c1-2-5-3-6(8(10)11)7(9)12-4-5/h3-4,8H,2H2,1H3. The molecule has 4 heteroatoms. The van der Waals surface area contributed by atoms with E-state index in [1.807, 2.05) is 6.92 Å². The van der Waals surface area contributed by atoms with Gasteiger partial charge in [-0.05, 0) is 18.1 Å². The van der Waals surface area contributed by atoms with Crippen molar-refractivity contribution in [2.24, 2.45) is 0 Å². The van der Waals surface area contributed by atoms with E-state index in [4.69, 9.17) is 11.6 Å². The fraction of sp³-hybridized carbons (Fsp3) is 0.375. The molecule has 0 aliphatic carbocycles. The van der Waals surface area contributed by atoms with Crippen LogP contribution in [0.2, 0.25) is 5.15 Å². The number of hydrogen-bond donors (Lipinski definition) is 0. The summed E-state index contributed by atoms with van der Waals surface area (Å²) in [6, 6.07) is 1.39. The molecule has 12 heavy (non-hydrogen) atoms. The van der Waals surface area contributed by atoms with Crippen LogP contribution in [0.25, 0.3) is 0 Å². The SMILES string of the molecule is CCc1cnc(Cl)c(C(F)F)c1. The molecule has 1 aromatic rings. The molecule has 0 aromatic carbocycles. The molecule has 0 radical (unpaired) electrons. The molecule has 0 saturated carbocycles. The Morgan fingerprint density at radius 1 is 1.58 bits per heavy atom. The van der Waals surface area contributed by atoms with Crippen LogP contribution in [-0.2, 0) is 6.42 Å². The molecule has 0 aliphatic heterocycles. The first-order valence-electron chi connectivity index (χ1n) is 3.57. The van der Waals surface area contributed by atoms with Crippen LogP contribution in [0.5, 0.6) is 0 Å². The first kappa shape index (κ1) is 9.39. The van der Waals surface area contributed by atoms with E-state index in [1.165, 1.54) is 12.3 Å². The Bertz CT molecular complexity index is 276. The first-order valence-corrected chi connectivity index (χ1v) is 3.95. The Balaban J connectivity index is 3.08. The summed E-state index contributed by atoms with van der Waals surface area (Å²) in [6.07, 6.45) is -0.352. The van der Waals surface area contributed by atoms with Crippen molar-refractivity contribution in [3.8, 4) is 0 Å². The average Bonchev–Trinajstić information content (AvgIpc) is 2.05. The first-order chi connectivity index (χ1) is 5.65. The quantitative estimate of drug-likeness (QED) is 0.654. The van der Waals surface area contributed by atoms with Crippen LogP contribution in [0, 0.1) is 0 Å². The maximum absolute atomic E-state index is 12.2. The van der Waals surface area contributed by atoms with E-state index >= 15 is 0 Å². The largest absolute Gasteiger partial charge is 0.266 e. The molecule has 0 aliphatic rings. The second-order valence-corrected chi connectivity index (χ2v) is 2.74. The van der Waals surface area contributed by atoms with Gasteiger partial charge in [-0.1, -0.05) is 18.5 Å². The lowest BCUT2D eigenvalue weighted by atomic mass is 10.2. The van der Waals surface area contributed by atoms with Crippen LogP contribution in [-0.4, -0.2) is 4.98 Å². The summed E-state index contributed by atoms with van der Waals surface area (Å²) in [5.74, 6) is 0. The Kier molecular flexibility index (Phi) is 2.98. The molecule has 1 aromatic heterocycles. The highest BCUT2D eigenvalue weighted by atomic mass is 35.5. The van der Waals surface area contributed by atoms with Gasteiger partial charge >= 0.3 is 0 Å². The van der Waals surface area contributed by atoms with Crippen molar-refractivity contribution in [2.45, 2.75) is 19.8 Å². The molecule has 1 nitrogen and oxygen atoms in total. The minimum absolute atomic E-state index is 0.109. The van der Waals surface area contributed by atoms with Gasteiger partial charge in [0, 0.05) is 6.20 Å². The summed E-state index contributed by atoms with van der Waals surface area (Å²) < 4.78 is 24.4. The molecule has 1 rings (SSSR count). The lowest BCUT2D eigenvalue weighted by Gasteiger charge is -2.03. The van der Waals surface area contributed by atoms with Crippen molar-refractivity contribution in [1.82, 2.24) is 4.98 Å². The van der Waals surface area contributed by atoms with Gasteiger partial charge in [0.1, 0.15) is 5.15 Å². The lowest BCUT2D eigenvalue weighted by molar-refractivity contribution is 0.151. The van der Waals surface area contributed by atoms with Gasteiger partial charge in [0.15, 0.2) is 0 Å². The van der Waals surface area contributed by atoms with Crippen molar-refractivity contribution in [3.63, 3.8) is 0 Å². The predicted octanol–water partition coefficient (Wildman–Crippen LogP) is 3.24. The number of nitrogens with zero attached hydrogens (tertiary/aromatic N) is 1. The molecule has 0 fully saturated rings. The molecule has 1 heterocycles. The Morgan fingerprint density at radius 2 is 2.25 bits per heavy atom. The van der Waals surface area contributed by atoms with Crippen molar-refractivity contribution in [2.75, 3.05) is 0 Å². The van der Waals surface area contributed by atoms with Gasteiger partial charge in [-0.25, -0.2) is 13.8 Å². The van der Waals surface area contributed by atoms with Crippen molar-refractivity contribution in [1.29, 1.82) is 0 Å². The van der Waals surface area contributed by atoms with Gasteiger partial charge in [-0.15, -0.1) is 0 Å². The maximum atomic E-state index is 12.2. The van der Waals surface area contributed by atoms with Crippen molar-refractivity contribution >= 4 is 11.6 Å². The number of rotatable bonds is 2. The summed E-state index contributed by atoms with van der Waals surface area (Å²) in [6.45, 7) is 1.88. The van der Waals surface area contributed by atoms with Gasteiger partial charge in [-0.3, -0.25) is 0 Å². The highest BCUT2D eigenvalue weighted by Gasteiger charge is 2.12. The van der Waals surface area contributed by atoms with Gasteiger partial charge in [0.2, 0.25) is 0 Å². The van der Waals surface area contributed by atoms with E-state index in [-0.39, 0.29) is 10.7 Å². The Morgan fingerprint density at radius 3 is 2.75 bits per heavy atom. The summed E-state index contributed by atoms with van der Waals surface area (Å²) >= 11 is 5.46. The predicted molar refractivity (Wildman–Crippen MR) is 43.6 cm³/mol. The number of alkyl halides is 2. The van der Waals surface area contributed by atoms with E-state index in [1.54, 1.807) is 0 Å². The zero-order valence-electron chi connectivity index (χ0n) is 6.52. The molecule has 0 bridgehead atoms. The number of halogens is 3. The fourth-order valence-electron chi connectivity index (χ4n) is 0.857.